The third-order valence-electron chi connectivity index (χ3n) is 4.59. The van der Waals surface area contributed by atoms with Crippen molar-refractivity contribution in [1.29, 1.82) is 0 Å². The number of nitrogens with one attached hydrogen (secondary N) is 1. The molecule has 3 heterocycles. The molecule has 0 amide bonds. The first-order valence-electron chi connectivity index (χ1n) is 9.36. The maximum absolute atomic E-state index is 12.6. The van der Waals surface area contributed by atoms with Gasteiger partial charge in [-0.1, -0.05) is 11.3 Å². The molecule has 0 spiro atoms. The van der Waals surface area contributed by atoms with E-state index in [4.69, 9.17) is 15.2 Å². The predicted molar refractivity (Wildman–Crippen MR) is 119 cm³/mol. The molecule has 9 nitrogen and oxygen atoms in total. The van der Waals surface area contributed by atoms with Gasteiger partial charge in [0.15, 0.2) is 17.1 Å². The molecule has 0 aliphatic rings. The molecule has 0 fully saturated rings. The number of nitrogen functional groups attached to an aromatic ring is 1. The van der Waals surface area contributed by atoms with E-state index in [0.717, 1.165) is 16.0 Å². The molecular weight excluding hydrogens is 440 g/mol. The van der Waals surface area contributed by atoms with Crippen molar-refractivity contribution < 1.29 is 19.1 Å². The van der Waals surface area contributed by atoms with Gasteiger partial charge in [-0.25, -0.2) is 19.6 Å². The molecule has 1 aromatic carbocycles. The number of aromatic nitrogens is 3. The van der Waals surface area contributed by atoms with Crippen molar-refractivity contribution >= 4 is 60.2 Å². The van der Waals surface area contributed by atoms with Crippen molar-refractivity contribution in [2.24, 2.45) is 0 Å². The average Bonchev–Trinajstić information content (AvgIpc) is 3.26. The quantitative estimate of drug-likeness (QED) is 0.433. The summed E-state index contributed by atoms with van der Waals surface area (Å²) in [6, 6.07) is 4.96. The number of thiazole rings is 1. The molecule has 0 saturated heterocycles. The summed E-state index contributed by atoms with van der Waals surface area (Å²) in [7, 11) is 0. The third-order valence-corrected chi connectivity index (χ3v) is 6.60. The van der Waals surface area contributed by atoms with E-state index in [0.29, 0.717) is 36.9 Å². The first-order valence-corrected chi connectivity index (χ1v) is 11.0. The number of aromatic amines is 1. The lowest BCUT2D eigenvalue weighted by Gasteiger charge is -2.12. The zero-order valence-corrected chi connectivity index (χ0v) is 18.5. The van der Waals surface area contributed by atoms with Gasteiger partial charge in [0.05, 0.1) is 27.8 Å². The van der Waals surface area contributed by atoms with E-state index >= 15 is 0 Å². The van der Waals surface area contributed by atoms with Gasteiger partial charge in [0.25, 0.3) is 5.56 Å². The first-order chi connectivity index (χ1) is 14.8. The van der Waals surface area contributed by atoms with Crippen LogP contribution in [0.5, 0.6) is 0 Å². The summed E-state index contributed by atoms with van der Waals surface area (Å²) in [5.41, 5.74) is 6.85. The van der Waals surface area contributed by atoms with Crippen LogP contribution in [0, 0.1) is 6.92 Å². The van der Waals surface area contributed by atoms with Crippen LogP contribution >= 0.6 is 22.7 Å². The highest BCUT2D eigenvalue weighted by Gasteiger charge is 2.23. The molecule has 0 bridgehead atoms. The van der Waals surface area contributed by atoms with Crippen molar-refractivity contribution in [2.45, 2.75) is 26.9 Å². The summed E-state index contributed by atoms with van der Waals surface area (Å²) >= 11 is 2.35. The minimum Gasteiger partial charge on any atom is -0.462 e. The fourth-order valence-corrected chi connectivity index (χ4v) is 4.95. The van der Waals surface area contributed by atoms with Crippen LogP contribution in [-0.4, -0.2) is 33.5 Å². The van der Waals surface area contributed by atoms with Crippen LogP contribution in [0.15, 0.2) is 23.0 Å². The Morgan fingerprint density at radius 2 is 2.00 bits per heavy atom. The highest BCUT2D eigenvalue weighted by Crippen LogP contribution is 2.29. The van der Waals surface area contributed by atoms with E-state index in [2.05, 4.69) is 15.0 Å². The minimum atomic E-state index is -0.819. The fourth-order valence-electron chi connectivity index (χ4n) is 3.10. The molecular formula is C20H18N4O5S2. The summed E-state index contributed by atoms with van der Waals surface area (Å²) < 4.78 is 11.3. The Bertz CT molecular complexity index is 1390. The molecule has 160 valence electrons. The van der Waals surface area contributed by atoms with Crippen LogP contribution in [0.25, 0.3) is 20.4 Å². The number of aryl methyl sites for hydroxylation is 1. The Balaban J connectivity index is 1.62. The molecule has 0 radical (unpaired) electrons. The zero-order valence-electron chi connectivity index (χ0n) is 16.8. The summed E-state index contributed by atoms with van der Waals surface area (Å²) in [6.45, 7) is 5.22. The molecule has 1 atom stereocenters. The van der Waals surface area contributed by atoms with Crippen LogP contribution in [0.2, 0.25) is 0 Å². The van der Waals surface area contributed by atoms with Gasteiger partial charge in [-0.05, 0) is 44.5 Å². The Kier molecular flexibility index (Phi) is 5.46. The van der Waals surface area contributed by atoms with E-state index in [-0.39, 0.29) is 12.4 Å². The number of carbonyl (C=O) groups is 2. The molecule has 3 N–H and O–H groups in total. The summed E-state index contributed by atoms with van der Waals surface area (Å²) in [6.07, 6.45) is -0.819. The number of H-pyrrole nitrogens is 1. The number of esters is 2. The smallest absolute Gasteiger partial charge is 0.348 e. The van der Waals surface area contributed by atoms with Gasteiger partial charge in [0, 0.05) is 0 Å². The van der Waals surface area contributed by atoms with Crippen molar-refractivity contribution in [1.82, 2.24) is 15.0 Å². The number of nitrogens with zero attached hydrogens (tertiary/aromatic N) is 2. The molecule has 1 unspecified atom stereocenters. The average molecular weight is 459 g/mol. The molecule has 0 aliphatic carbocycles. The monoisotopic (exact) mass is 458 g/mol. The molecule has 11 heteroatoms. The highest BCUT2D eigenvalue weighted by molar-refractivity contribution is 7.22. The van der Waals surface area contributed by atoms with Crippen LogP contribution in [0.1, 0.15) is 51.4 Å². The number of fused-ring (bicyclic) bond motifs is 2. The van der Waals surface area contributed by atoms with Gasteiger partial charge in [-0.2, -0.15) is 0 Å². The van der Waals surface area contributed by atoms with Gasteiger partial charge in [0.2, 0.25) is 0 Å². The largest absolute Gasteiger partial charge is 0.462 e. The molecule has 0 aliphatic heterocycles. The van der Waals surface area contributed by atoms with E-state index in [1.165, 1.54) is 11.3 Å². The van der Waals surface area contributed by atoms with E-state index in [1.807, 2.05) is 0 Å². The Morgan fingerprint density at radius 1 is 1.23 bits per heavy atom. The van der Waals surface area contributed by atoms with Gasteiger partial charge in [-0.3, -0.25) is 4.79 Å². The molecule has 0 saturated carbocycles. The Hall–Kier alpha value is -3.31. The van der Waals surface area contributed by atoms with Crippen LogP contribution < -0.4 is 11.3 Å². The van der Waals surface area contributed by atoms with Crippen molar-refractivity contribution in [3.05, 3.63) is 50.4 Å². The third kappa shape index (κ3) is 3.89. The Morgan fingerprint density at radius 3 is 2.74 bits per heavy atom. The first kappa shape index (κ1) is 20.9. The number of anilines is 1. The summed E-state index contributed by atoms with van der Waals surface area (Å²) in [5, 5.41) is 0.737. The van der Waals surface area contributed by atoms with Gasteiger partial charge in [-0.15, -0.1) is 11.3 Å². The number of ether oxygens (including phenoxy) is 2. The maximum atomic E-state index is 12.6. The standard InChI is InChI=1S/C20H18N4O5S2/c1-4-28-19(27)14-8(2)13-16(25)23-15(24-17(13)31-14)9(3)29-18(26)10-5-6-11-12(7-10)30-20(21)22-11/h5-7,9H,4H2,1-3H3,(H2,21,22)(H,23,24,25). The number of thiophene rings is 1. The van der Waals surface area contributed by atoms with E-state index in [1.54, 1.807) is 39.0 Å². The second kappa shape index (κ2) is 8.08. The topological polar surface area (TPSA) is 137 Å². The summed E-state index contributed by atoms with van der Waals surface area (Å²) in [5.74, 6) is -0.883. The fraction of sp³-hybridized carbons (Fsp3) is 0.250. The van der Waals surface area contributed by atoms with E-state index < -0.39 is 23.6 Å². The number of carbonyl (C=O) groups excluding carboxylic acids is 2. The van der Waals surface area contributed by atoms with Crippen LogP contribution in [0.3, 0.4) is 0 Å². The lowest BCUT2D eigenvalue weighted by Crippen LogP contribution is -2.17. The minimum absolute atomic E-state index is 0.186. The molecule has 3 aromatic heterocycles. The second-order valence-electron chi connectivity index (χ2n) is 6.69. The van der Waals surface area contributed by atoms with Crippen LogP contribution in [-0.2, 0) is 9.47 Å². The number of nitrogens with two attached hydrogens (primary N) is 1. The van der Waals surface area contributed by atoms with Gasteiger partial charge in [0.1, 0.15) is 9.71 Å². The molecule has 31 heavy (non-hydrogen) atoms. The van der Waals surface area contributed by atoms with Gasteiger partial charge >= 0.3 is 11.9 Å². The maximum Gasteiger partial charge on any atom is 0.348 e. The number of hydrogen-bond acceptors (Lipinski definition) is 10. The normalized spacial score (nSPS) is 12.2. The lowest BCUT2D eigenvalue weighted by atomic mass is 10.2. The number of rotatable bonds is 5. The van der Waals surface area contributed by atoms with Crippen molar-refractivity contribution in [3.63, 3.8) is 0 Å². The van der Waals surface area contributed by atoms with E-state index in [9.17, 15) is 14.4 Å². The molecule has 4 rings (SSSR count). The Labute approximate surface area is 183 Å². The zero-order chi connectivity index (χ0) is 22.3. The lowest BCUT2D eigenvalue weighted by molar-refractivity contribution is 0.0320. The molecule has 4 aromatic rings. The van der Waals surface area contributed by atoms with Crippen LogP contribution in [0.4, 0.5) is 5.13 Å². The SMILES string of the molecule is CCOC(=O)c1sc2nc(C(C)OC(=O)c3ccc4nc(N)sc4c3)[nH]c(=O)c2c1C. The van der Waals surface area contributed by atoms with Gasteiger partial charge < -0.3 is 20.2 Å². The van der Waals surface area contributed by atoms with Crippen molar-refractivity contribution in [3.8, 4) is 0 Å². The highest BCUT2D eigenvalue weighted by atomic mass is 32.1. The summed E-state index contributed by atoms with van der Waals surface area (Å²) in [4.78, 5) is 49.3. The number of hydrogen-bond donors (Lipinski definition) is 2. The second-order valence-corrected chi connectivity index (χ2v) is 8.75. The predicted octanol–water partition coefficient (Wildman–Crippen LogP) is 3.58. The van der Waals surface area contributed by atoms with Crippen molar-refractivity contribution in [2.75, 3.05) is 12.3 Å². The number of benzene rings is 1.